The van der Waals surface area contributed by atoms with Crippen molar-refractivity contribution in [3.05, 3.63) is 28.7 Å². The monoisotopic (exact) mass is 212 g/mol. The van der Waals surface area contributed by atoms with E-state index in [1.807, 2.05) is 19.9 Å². The fourth-order valence-corrected chi connectivity index (χ4v) is 1.17. The second kappa shape index (κ2) is 7.06. The molecule has 0 aromatic carbocycles. The number of nitrogen functional groups attached to an aromatic ring is 1. The molecule has 1 fully saturated rings. The van der Waals surface area contributed by atoms with Crippen LogP contribution in [0.2, 0.25) is 0 Å². The van der Waals surface area contributed by atoms with Crippen LogP contribution >= 0.6 is 0 Å². The van der Waals surface area contributed by atoms with E-state index < -0.39 is 0 Å². The van der Waals surface area contributed by atoms with Crippen LogP contribution in [0.25, 0.3) is 0 Å². The Morgan fingerprint density at radius 2 is 1.93 bits per heavy atom. The van der Waals surface area contributed by atoms with Crippen molar-refractivity contribution in [2.45, 2.75) is 32.7 Å². The Hall–Kier alpha value is -1.29. The van der Waals surface area contributed by atoms with Crippen LogP contribution < -0.4 is 11.3 Å². The van der Waals surface area contributed by atoms with Crippen molar-refractivity contribution in [3.63, 3.8) is 0 Å². The van der Waals surface area contributed by atoms with Gasteiger partial charge in [0.15, 0.2) is 0 Å². The summed E-state index contributed by atoms with van der Waals surface area (Å²) in [6, 6.07) is 3.88. The minimum Gasteiger partial charge on any atom is -0.400 e. The summed E-state index contributed by atoms with van der Waals surface area (Å²) in [4.78, 5) is 11.3. The fourth-order valence-electron chi connectivity index (χ4n) is 1.17. The lowest BCUT2D eigenvalue weighted by atomic mass is 10.4. The van der Waals surface area contributed by atoms with Gasteiger partial charge in [-0.2, -0.15) is 0 Å². The molecule has 0 radical (unpaired) electrons. The molecule has 1 aromatic rings. The molecule has 0 saturated heterocycles. The van der Waals surface area contributed by atoms with Gasteiger partial charge in [0.25, 0.3) is 5.56 Å². The van der Waals surface area contributed by atoms with Crippen LogP contribution in [0.4, 0.5) is 5.69 Å². The SMILES string of the molecule is CC.CO.Nc1cccn(C2CC2)c1=O. The zero-order valence-electron chi connectivity index (χ0n) is 9.60. The smallest absolute Gasteiger partial charge is 0.273 e. The molecule has 2 rings (SSSR count). The Labute approximate surface area is 90.4 Å². The first-order valence-electron chi connectivity index (χ1n) is 5.20. The molecule has 0 amide bonds. The third-order valence-corrected chi connectivity index (χ3v) is 1.94. The summed E-state index contributed by atoms with van der Waals surface area (Å²) in [5.41, 5.74) is 5.75. The summed E-state index contributed by atoms with van der Waals surface area (Å²) < 4.78 is 1.72. The van der Waals surface area contributed by atoms with Gasteiger partial charge in [-0.15, -0.1) is 0 Å². The molecule has 1 heterocycles. The van der Waals surface area contributed by atoms with Gasteiger partial charge in [-0.25, -0.2) is 0 Å². The molecule has 0 bridgehead atoms. The zero-order valence-corrected chi connectivity index (χ0v) is 9.60. The first-order valence-corrected chi connectivity index (χ1v) is 5.20. The molecule has 0 atom stereocenters. The van der Waals surface area contributed by atoms with E-state index >= 15 is 0 Å². The number of nitrogens with zero attached hydrogens (tertiary/aromatic N) is 1. The average Bonchev–Trinajstić information content (AvgIpc) is 3.12. The van der Waals surface area contributed by atoms with Crippen molar-refractivity contribution >= 4 is 5.69 Å². The maximum atomic E-state index is 11.3. The standard InChI is InChI=1S/C8H10N2O.C2H6.CH4O/c9-7-2-1-5-10(8(7)11)6-3-4-6;2*1-2/h1-2,5-6H,3-4,9H2;1-2H3;2H,1H3. The largest absolute Gasteiger partial charge is 0.400 e. The van der Waals surface area contributed by atoms with Crippen LogP contribution in [-0.2, 0) is 0 Å². The molecular weight excluding hydrogens is 192 g/mol. The number of aliphatic hydroxyl groups is 1. The van der Waals surface area contributed by atoms with Gasteiger partial charge < -0.3 is 15.4 Å². The molecule has 0 unspecified atom stereocenters. The van der Waals surface area contributed by atoms with E-state index in [0.717, 1.165) is 20.0 Å². The highest BCUT2D eigenvalue weighted by molar-refractivity contribution is 5.33. The highest BCUT2D eigenvalue weighted by Gasteiger charge is 2.24. The summed E-state index contributed by atoms with van der Waals surface area (Å²) in [6.45, 7) is 4.00. The molecule has 1 saturated carbocycles. The van der Waals surface area contributed by atoms with E-state index in [2.05, 4.69) is 0 Å². The maximum Gasteiger partial charge on any atom is 0.273 e. The highest BCUT2D eigenvalue weighted by atomic mass is 16.2. The predicted octanol–water partition coefficient (Wildman–Crippen LogP) is 1.40. The van der Waals surface area contributed by atoms with Crippen molar-refractivity contribution in [1.29, 1.82) is 0 Å². The van der Waals surface area contributed by atoms with Crippen molar-refractivity contribution in [3.8, 4) is 0 Å². The molecule has 4 nitrogen and oxygen atoms in total. The van der Waals surface area contributed by atoms with E-state index in [0.29, 0.717) is 11.7 Å². The van der Waals surface area contributed by atoms with E-state index in [1.165, 1.54) is 0 Å². The molecule has 86 valence electrons. The summed E-state index contributed by atoms with van der Waals surface area (Å²) in [7, 11) is 1.00. The van der Waals surface area contributed by atoms with Crippen molar-refractivity contribution in [2.24, 2.45) is 0 Å². The molecule has 15 heavy (non-hydrogen) atoms. The zero-order chi connectivity index (χ0) is 11.8. The first kappa shape index (κ1) is 13.7. The van der Waals surface area contributed by atoms with Gasteiger partial charge >= 0.3 is 0 Å². The van der Waals surface area contributed by atoms with Gasteiger partial charge in [0.05, 0.1) is 5.69 Å². The number of pyridine rings is 1. The summed E-state index contributed by atoms with van der Waals surface area (Å²) in [5.74, 6) is 0. The second-order valence-electron chi connectivity index (χ2n) is 2.91. The fraction of sp³-hybridized carbons (Fsp3) is 0.545. The van der Waals surface area contributed by atoms with Crippen LogP contribution in [0.5, 0.6) is 0 Å². The van der Waals surface area contributed by atoms with Crippen LogP contribution in [0.3, 0.4) is 0 Å². The lowest BCUT2D eigenvalue weighted by Gasteiger charge is -2.01. The van der Waals surface area contributed by atoms with Gasteiger partial charge in [0.2, 0.25) is 0 Å². The topological polar surface area (TPSA) is 68.2 Å². The number of hydrogen-bond donors (Lipinski definition) is 2. The Morgan fingerprint density at radius 1 is 1.40 bits per heavy atom. The molecule has 1 aliphatic rings. The van der Waals surface area contributed by atoms with E-state index in [-0.39, 0.29) is 5.56 Å². The van der Waals surface area contributed by atoms with E-state index in [9.17, 15) is 4.79 Å². The Morgan fingerprint density at radius 3 is 2.40 bits per heavy atom. The lowest BCUT2D eigenvalue weighted by Crippen LogP contribution is -2.20. The third kappa shape index (κ3) is 3.75. The summed E-state index contributed by atoms with van der Waals surface area (Å²) in [5, 5.41) is 7.00. The number of aliphatic hydroxyl groups excluding tert-OH is 1. The average molecular weight is 212 g/mol. The van der Waals surface area contributed by atoms with Gasteiger partial charge in [-0.05, 0) is 25.0 Å². The van der Waals surface area contributed by atoms with Gasteiger partial charge in [0, 0.05) is 19.3 Å². The second-order valence-corrected chi connectivity index (χ2v) is 2.91. The van der Waals surface area contributed by atoms with Crippen LogP contribution in [0.15, 0.2) is 23.1 Å². The van der Waals surface area contributed by atoms with E-state index in [1.54, 1.807) is 16.8 Å². The predicted molar refractivity (Wildman–Crippen MR) is 62.9 cm³/mol. The quantitative estimate of drug-likeness (QED) is 0.739. The molecule has 1 aromatic heterocycles. The normalized spacial score (nSPS) is 13.1. The van der Waals surface area contributed by atoms with E-state index in [4.69, 9.17) is 10.8 Å². The van der Waals surface area contributed by atoms with Gasteiger partial charge in [0.1, 0.15) is 0 Å². The molecule has 4 heteroatoms. The van der Waals surface area contributed by atoms with Crippen LogP contribution in [-0.4, -0.2) is 16.8 Å². The minimum atomic E-state index is -0.0463. The summed E-state index contributed by atoms with van der Waals surface area (Å²) >= 11 is 0. The Bertz CT molecular complexity index is 330. The van der Waals surface area contributed by atoms with Gasteiger partial charge in [-0.1, -0.05) is 13.8 Å². The van der Waals surface area contributed by atoms with Crippen molar-refractivity contribution in [2.75, 3.05) is 12.8 Å². The molecule has 0 aliphatic heterocycles. The molecule has 3 N–H and O–H groups in total. The molecular formula is C11H20N2O2. The molecule has 0 spiro atoms. The Kier molecular flexibility index (Phi) is 6.45. The Balaban J connectivity index is 0.000000442. The molecule has 1 aliphatic carbocycles. The van der Waals surface area contributed by atoms with Crippen molar-refractivity contribution < 1.29 is 5.11 Å². The van der Waals surface area contributed by atoms with Crippen LogP contribution in [0.1, 0.15) is 32.7 Å². The maximum absolute atomic E-state index is 11.3. The number of aromatic nitrogens is 1. The number of anilines is 1. The number of hydrogen-bond acceptors (Lipinski definition) is 3. The minimum absolute atomic E-state index is 0.0463. The van der Waals surface area contributed by atoms with Crippen LogP contribution in [0, 0.1) is 0 Å². The van der Waals surface area contributed by atoms with Crippen molar-refractivity contribution in [1.82, 2.24) is 4.57 Å². The van der Waals surface area contributed by atoms with Gasteiger partial charge in [-0.3, -0.25) is 4.79 Å². The first-order chi connectivity index (χ1) is 7.29. The highest BCUT2D eigenvalue weighted by Crippen LogP contribution is 2.33. The number of rotatable bonds is 1. The number of nitrogens with two attached hydrogens (primary N) is 1. The third-order valence-electron chi connectivity index (χ3n) is 1.94. The lowest BCUT2D eigenvalue weighted by molar-refractivity contribution is 0.399. The summed E-state index contributed by atoms with van der Waals surface area (Å²) in [6.07, 6.45) is 4.03.